The smallest absolute Gasteiger partial charge is 0.323 e. The Morgan fingerprint density at radius 2 is 1.86 bits per heavy atom. The number of urea groups is 1. The van der Waals surface area contributed by atoms with Crippen LogP contribution >= 0.6 is 0 Å². The Morgan fingerprint density at radius 1 is 1.11 bits per heavy atom. The molecule has 0 spiro atoms. The van der Waals surface area contributed by atoms with Crippen molar-refractivity contribution in [2.45, 2.75) is 6.92 Å². The summed E-state index contributed by atoms with van der Waals surface area (Å²) in [5.41, 5.74) is 3.13. The molecule has 3 aromatic rings. The summed E-state index contributed by atoms with van der Waals surface area (Å²) in [5.74, 6) is 1.80. The normalized spacial score (nSPS) is 13.9. The van der Waals surface area contributed by atoms with Crippen LogP contribution in [-0.2, 0) is 0 Å². The van der Waals surface area contributed by atoms with E-state index in [1.54, 1.807) is 36.5 Å². The van der Waals surface area contributed by atoms with E-state index in [1.807, 2.05) is 6.92 Å². The van der Waals surface area contributed by atoms with Crippen LogP contribution in [0.15, 0.2) is 64.3 Å². The summed E-state index contributed by atoms with van der Waals surface area (Å²) in [6, 6.07) is 6.39. The van der Waals surface area contributed by atoms with Crippen LogP contribution in [0.5, 0.6) is 17.2 Å². The average molecular weight is 504 g/mol. The molecule has 1 aliphatic rings. The quantitative estimate of drug-likeness (QED) is 0.396. The Balaban J connectivity index is 1.68. The molecule has 0 radical (unpaired) electrons. The van der Waals surface area contributed by atoms with Crippen LogP contribution in [-0.4, -0.2) is 65.7 Å². The number of aromatic nitrogens is 4. The number of hydrazone groups is 1. The van der Waals surface area contributed by atoms with Crippen molar-refractivity contribution in [3.63, 3.8) is 0 Å². The molecule has 37 heavy (non-hydrogen) atoms. The van der Waals surface area contributed by atoms with E-state index < -0.39 is 6.03 Å². The van der Waals surface area contributed by atoms with Gasteiger partial charge in [-0.3, -0.25) is 10.1 Å². The number of benzene rings is 1. The minimum Gasteiger partial charge on any atom is -0.493 e. The summed E-state index contributed by atoms with van der Waals surface area (Å²) in [7, 11) is 4.56. The predicted octanol–water partition coefficient (Wildman–Crippen LogP) is 3.25. The number of carbonyl (C=O) groups is 1. The van der Waals surface area contributed by atoms with E-state index in [9.17, 15) is 4.79 Å². The fraction of sp³-hybridized carbons (Fsp3) is 0.167. The second-order valence-electron chi connectivity index (χ2n) is 7.40. The molecule has 1 aromatic carbocycles. The van der Waals surface area contributed by atoms with Gasteiger partial charge in [0.15, 0.2) is 11.5 Å². The van der Waals surface area contributed by atoms with Crippen molar-refractivity contribution in [1.82, 2.24) is 30.7 Å². The largest absolute Gasteiger partial charge is 0.493 e. The van der Waals surface area contributed by atoms with Crippen LogP contribution in [0.4, 0.5) is 10.5 Å². The van der Waals surface area contributed by atoms with E-state index >= 15 is 0 Å². The molecule has 0 aliphatic carbocycles. The van der Waals surface area contributed by atoms with Gasteiger partial charge in [-0.05, 0) is 37.3 Å². The minimum absolute atomic E-state index is 0.358. The van der Waals surface area contributed by atoms with Crippen molar-refractivity contribution in [2.24, 2.45) is 10.1 Å². The summed E-state index contributed by atoms with van der Waals surface area (Å²) >= 11 is 0. The summed E-state index contributed by atoms with van der Waals surface area (Å²) in [5, 5.41) is 21.4. The highest BCUT2D eigenvalue weighted by Crippen LogP contribution is 2.42. The number of nitrogens with one attached hydrogen (secondary N) is 3. The number of aromatic amines is 1. The molecule has 2 amide bonds. The molecule has 0 bridgehead atoms. The molecular weight excluding hydrogens is 478 g/mol. The zero-order valence-corrected chi connectivity index (χ0v) is 20.6. The summed E-state index contributed by atoms with van der Waals surface area (Å²) in [4.78, 5) is 21.6. The number of allylic oxidation sites excluding steroid dienone is 2. The summed E-state index contributed by atoms with van der Waals surface area (Å²) in [6.45, 7) is 5.50. The van der Waals surface area contributed by atoms with Crippen LogP contribution < -0.4 is 24.8 Å². The third-order valence-electron chi connectivity index (χ3n) is 5.30. The van der Waals surface area contributed by atoms with E-state index in [4.69, 9.17) is 14.2 Å². The first-order valence-electron chi connectivity index (χ1n) is 11.0. The first kappa shape index (κ1) is 24.9. The molecule has 0 unspecified atom stereocenters. The molecule has 0 atom stereocenters. The Labute approximate surface area is 212 Å². The van der Waals surface area contributed by atoms with Gasteiger partial charge < -0.3 is 24.8 Å². The highest BCUT2D eigenvalue weighted by atomic mass is 16.5. The fourth-order valence-electron chi connectivity index (χ4n) is 3.63. The minimum atomic E-state index is -0.518. The van der Waals surface area contributed by atoms with Crippen molar-refractivity contribution in [2.75, 3.05) is 26.6 Å². The number of pyridine rings is 1. The Bertz CT molecular complexity index is 1350. The first-order valence-corrected chi connectivity index (χ1v) is 11.0. The van der Waals surface area contributed by atoms with E-state index in [2.05, 4.69) is 47.8 Å². The van der Waals surface area contributed by atoms with E-state index in [0.717, 1.165) is 0 Å². The van der Waals surface area contributed by atoms with Gasteiger partial charge in [0.05, 0.1) is 62.7 Å². The van der Waals surface area contributed by atoms with Crippen molar-refractivity contribution < 1.29 is 19.0 Å². The SMILES string of the molecule is C=NN1C(c2cc(OC)c(OC)c(OC)c2)=C(NC(=O)Nc2ccc(-c3c[nH]nn3)nc2)C=N/C1=C/C. The Morgan fingerprint density at radius 3 is 2.41 bits per heavy atom. The standard InChI is InChI=1S/C24H25N9O4/c1-6-21-27-12-18(30-24(34)29-15-7-8-16(26-11-15)17-13-28-32-31-17)22(33(21)25-2)14-9-19(35-3)23(37-5)20(10-14)36-4/h6-13H,2H2,1,3-5H3,(H,28,31,32)(H2,29,30,34)/b21-6-. The number of hydrogen-bond donors (Lipinski definition) is 3. The molecule has 0 saturated heterocycles. The fourth-order valence-corrected chi connectivity index (χ4v) is 3.63. The molecule has 4 rings (SSSR count). The lowest BCUT2D eigenvalue weighted by atomic mass is 10.1. The van der Waals surface area contributed by atoms with Crippen LogP contribution in [0.1, 0.15) is 12.5 Å². The molecule has 190 valence electrons. The highest BCUT2D eigenvalue weighted by molar-refractivity contribution is 6.00. The van der Waals surface area contributed by atoms with Crippen molar-refractivity contribution in [3.05, 3.63) is 59.8 Å². The average Bonchev–Trinajstić information content (AvgIpc) is 3.47. The number of rotatable bonds is 8. The van der Waals surface area contributed by atoms with E-state index in [-0.39, 0.29) is 0 Å². The number of carbonyl (C=O) groups excluding carboxylic acids is 1. The van der Waals surface area contributed by atoms with Gasteiger partial charge in [0.1, 0.15) is 11.5 Å². The molecule has 3 N–H and O–H groups in total. The molecule has 1 aliphatic heterocycles. The number of aliphatic imine (C=N–C) groups is 1. The van der Waals surface area contributed by atoms with Gasteiger partial charge in [-0.2, -0.15) is 5.10 Å². The van der Waals surface area contributed by atoms with Crippen molar-refractivity contribution in [1.29, 1.82) is 0 Å². The van der Waals surface area contributed by atoms with Crippen LogP contribution in [0.3, 0.4) is 0 Å². The number of nitrogens with zero attached hydrogens (tertiary/aromatic N) is 6. The van der Waals surface area contributed by atoms with Gasteiger partial charge in [0.25, 0.3) is 0 Å². The molecule has 2 aromatic heterocycles. The molecule has 0 saturated carbocycles. The maximum absolute atomic E-state index is 12.9. The topological polar surface area (TPSA) is 151 Å². The van der Waals surface area contributed by atoms with Crippen LogP contribution in [0.25, 0.3) is 17.1 Å². The lowest BCUT2D eigenvalue weighted by molar-refractivity contribution is 0.254. The lowest BCUT2D eigenvalue weighted by Crippen LogP contribution is -2.33. The number of methoxy groups -OCH3 is 3. The zero-order valence-electron chi connectivity index (χ0n) is 20.6. The zero-order chi connectivity index (χ0) is 26.4. The molecule has 13 heteroatoms. The van der Waals surface area contributed by atoms with Gasteiger partial charge in [-0.1, -0.05) is 5.21 Å². The third kappa shape index (κ3) is 5.10. The summed E-state index contributed by atoms with van der Waals surface area (Å²) < 4.78 is 16.5. The second-order valence-corrected chi connectivity index (χ2v) is 7.40. The van der Waals surface area contributed by atoms with Gasteiger partial charge in [0, 0.05) is 12.3 Å². The Kier molecular flexibility index (Phi) is 7.42. The van der Waals surface area contributed by atoms with Gasteiger partial charge in [-0.15, -0.1) is 5.10 Å². The highest BCUT2D eigenvalue weighted by Gasteiger charge is 2.26. The van der Waals surface area contributed by atoms with Crippen LogP contribution in [0.2, 0.25) is 0 Å². The number of H-pyrrole nitrogens is 1. The maximum atomic E-state index is 12.9. The van der Waals surface area contributed by atoms with Gasteiger partial charge in [0.2, 0.25) is 5.75 Å². The maximum Gasteiger partial charge on any atom is 0.323 e. The van der Waals surface area contributed by atoms with Gasteiger partial charge >= 0.3 is 6.03 Å². The number of ether oxygens (including phenoxy) is 3. The number of anilines is 1. The lowest BCUT2D eigenvalue weighted by Gasteiger charge is -2.28. The molecule has 0 fully saturated rings. The third-order valence-corrected chi connectivity index (χ3v) is 5.30. The number of amides is 2. The monoisotopic (exact) mass is 503 g/mol. The number of hydrogen-bond acceptors (Lipinski definition) is 10. The Hall–Kier alpha value is -5.20. The van der Waals surface area contributed by atoms with E-state index in [0.29, 0.717) is 57.1 Å². The predicted molar refractivity (Wildman–Crippen MR) is 138 cm³/mol. The first-order chi connectivity index (χ1) is 18.0. The van der Waals surface area contributed by atoms with Crippen molar-refractivity contribution >= 4 is 30.3 Å². The van der Waals surface area contributed by atoms with Gasteiger partial charge in [-0.25, -0.2) is 14.8 Å². The van der Waals surface area contributed by atoms with E-state index in [1.165, 1.54) is 38.7 Å². The second kappa shape index (κ2) is 11.0. The molecular formula is C24H25N9O4. The molecule has 13 nitrogen and oxygen atoms in total. The van der Waals surface area contributed by atoms with Crippen LogP contribution in [0, 0.1) is 0 Å². The molecule has 3 heterocycles. The van der Waals surface area contributed by atoms with Crippen molar-refractivity contribution in [3.8, 4) is 28.6 Å². The summed E-state index contributed by atoms with van der Waals surface area (Å²) in [6.07, 6.45) is 6.44.